The highest BCUT2D eigenvalue weighted by Gasteiger charge is 2.36. The van der Waals surface area contributed by atoms with Crippen LogP contribution < -0.4 is 5.32 Å². The molecule has 0 bridgehead atoms. The average molecular weight is 684 g/mol. The van der Waals surface area contributed by atoms with Crippen molar-refractivity contribution in [1.29, 1.82) is 0 Å². The Morgan fingerprint density at radius 2 is 0.979 bits per heavy atom. The van der Waals surface area contributed by atoms with E-state index in [1.165, 1.54) is 16.7 Å². The predicted molar refractivity (Wildman–Crippen MR) is 186 cm³/mol. The molecule has 0 fully saturated rings. The van der Waals surface area contributed by atoms with E-state index < -0.39 is 5.97 Å². The van der Waals surface area contributed by atoms with Crippen LogP contribution in [0.3, 0.4) is 0 Å². The van der Waals surface area contributed by atoms with Gasteiger partial charge in [-0.1, -0.05) is 91.0 Å². The number of benzene rings is 3. The van der Waals surface area contributed by atoms with E-state index in [1.54, 1.807) is 6.92 Å². The Kier molecular flexibility index (Phi) is 20.2. The third kappa shape index (κ3) is 14.9. The number of esters is 1. The zero-order valence-electron chi connectivity index (χ0n) is 27.8. The molecule has 3 rings (SSSR count). The van der Waals surface area contributed by atoms with Crippen LogP contribution in [0.25, 0.3) is 0 Å². The van der Waals surface area contributed by atoms with E-state index in [2.05, 4.69) is 78.1 Å². The summed E-state index contributed by atoms with van der Waals surface area (Å²) in [6, 6.07) is 31.9. The van der Waals surface area contributed by atoms with Gasteiger partial charge in [0.2, 0.25) is 5.91 Å². The van der Waals surface area contributed by atoms with Crippen molar-refractivity contribution in [2.75, 3.05) is 98.2 Å². The molecule has 0 aromatic heterocycles. The zero-order valence-corrected chi connectivity index (χ0v) is 28.7. The van der Waals surface area contributed by atoms with Crippen LogP contribution in [0.5, 0.6) is 0 Å². The van der Waals surface area contributed by atoms with Gasteiger partial charge in [-0.15, -0.1) is 11.8 Å². The minimum Gasteiger partial charge on any atom is -0.464 e. The van der Waals surface area contributed by atoms with Gasteiger partial charge in [-0.05, 0) is 23.6 Å². The highest BCUT2D eigenvalue weighted by atomic mass is 32.2. The Bertz CT molecular complexity index is 1150. The van der Waals surface area contributed by atoms with Gasteiger partial charge in [0.25, 0.3) is 0 Å². The summed E-state index contributed by atoms with van der Waals surface area (Å²) in [5.74, 6) is 0.191. The summed E-state index contributed by atoms with van der Waals surface area (Å²) < 4.78 is 37.2. The fraction of sp³-hybridized carbons (Fsp3) is 0.459. The Morgan fingerprint density at radius 1 is 0.562 bits per heavy atom. The van der Waals surface area contributed by atoms with E-state index in [0.717, 1.165) is 5.75 Å². The Hall–Kier alpha value is -3.29. The van der Waals surface area contributed by atoms with Gasteiger partial charge in [-0.2, -0.15) is 0 Å². The normalized spacial score (nSPS) is 11.4. The summed E-state index contributed by atoms with van der Waals surface area (Å²) in [5.41, 5.74) is 3.69. The first kappa shape index (κ1) is 39.2. The van der Waals surface area contributed by atoms with Gasteiger partial charge >= 0.3 is 5.97 Å². The second-order valence-electron chi connectivity index (χ2n) is 10.3. The van der Waals surface area contributed by atoms with Crippen molar-refractivity contribution >= 4 is 23.6 Å². The Morgan fingerprint density at radius 3 is 1.46 bits per heavy atom. The molecule has 3 aromatic carbocycles. The predicted octanol–water partition coefficient (Wildman–Crippen LogP) is 4.49. The molecule has 0 heterocycles. The average Bonchev–Trinajstić information content (AvgIpc) is 3.12. The van der Waals surface area contributed by atoms with E-state index in [4.69, 9.17) is 33.2 Å². The topological polar surface area (TPSA) is 111 Å². The molecule has 0 spiro atoms. The summed E-state index contributed by atoms with van der Waals surface area (Å²) in [4.78, 5) is 23.1. The van der Waals surface area contributed by atoms with Gasteiger partial charge in [0, 0.05) is 12.3 Å². The molecule has 262 valence electrons. The molecule has 1 N–H and O–H groups in total. The molecule has 0 aliphatic heterocycles. The van der Waals surface area contributed by atoms with E-state index in [9.17, 15) is 9.59 Å². The minimum absolute atomic E-state index is 0.0437. The van der Waals surface area contributed by atoms with E-state index in [-0.39, 0.29) is 23.9 Å². The van der Waals surface area contributed by atoms with Gasteiger partial charge in [0.1, 0.15) is 13.2 Å². The number of thioether (sulfide) groups is 1. The molecule has 10 nitrogen and oxygen atoms in total. The fourth-order valence-corrected chi connectivity index (χ4v) is 6.15. The smallest absolute Gasteiger partial charge is 0.332 e. The lowest BCUT2D eigenvalue weighted by Crippen LogP contribution is -2.31. The van der Waals surface area contributed by atoms with Crippen molar-refractivity contribution in [2.45, 2.75) is 11.7 Å². The highest BCUT2D eigenvalue weighted by Crippen LogP contribution is 2.48. The van der Waals surface area contributed by atoms with Gasteiger partial charge in [0.05, 0.1) is 77.4 Å². The molecule has 0 unspecified atom stereocenters. The molecule has 0 aliphatic carbocycles. The number of carbonyl (C=O) groups excluding carboxylic acids is 2. The lowest BCUT2D eigenvalue weighted by molar-refractivity contribution is -0.149. The molecule has 0 aliphatic rings. The zero-order chi connectivity index (χ0) is 34.0. The Labute approximate surface area is 288 Å². The van der Waals surface area contributed by atoms with Crippen LogP contribution >= 0.6 is 11.8 Å². The van der Waals surface area contributed by atoms with Crippen molar-refractivity contribution in [2.24, 2.45) is 0 Å². The van der Waals surface area contributed by atoms with Crippen LogP contribution in [0.15, 0.2) is 91.0 Å². The minimum atomic E-state index is -0.390. The summed E-state index contributed by atoms with van der Waals surface area (Å²) in [5, 5.41) is 2.74. The maximum Gasteiger partial charge on any atom is 0.332 e. The standard InChI is InChI=1S/C37H49NO9S/c1-2-47-36(40)31-46-27-25-42-21-20-41-19-18-38-35(39)30-45-26-24-43-22-23-44-28-29-48-37(32-12-6-3-7-13-32,33-14-8-4-9-15-33)34-16-10-5-11-17-34/h3-17H,2,18-31H2,1H3,(H,38,39). The second kappa shape index (κ2) is 24.8. The molecule has 0 saturated carbocycles. The Balaban J connectivity index is 1.19. The van der Waals surface area contributed by atoms with Crippen LogP contribution in [-0.2, 0) is 47.5 Å². The quantitative estimate of drug-likeness (QED) is 0.0702. The van der Waals surface area contributed by atoms with E-state index in [1.807, 2.05) is 30.0 Å². The SMILES string of the molecule is CCOC(=O)COCCOCCOCCNC(=O)COCCOCCOCCSC(c1ccccc1)(c1ccccc1)c1ccccc1. The van der Waals surface area contributed by atoms with Crippen molar-refractivity contribution in [1.82, 2.24) is 5.32 Å². The lowest BCUT2D eigenvalue weighted by Gasteiger charge is -2.35. The molecule has 11 heteroatoms. The first-order valence-corrected chi connectivity index (χ1v) is 17.3. The number of amides is 1. The highest BCUT2D eigenvalue weighted by molar-refractivity contribution is 8.00. The summed E-state index contributed by atoms with van der Waals surface area (Å²) in [6.45, 7) is 6.32. The van der Waals surface area contributed by atoms with Crippen molar-refractivity contribution in [3.63, 3.8) is 0 Å². The summed E-state index contributed by atoms with van der Waals surface area (Å²) in [6.07, 6.45) is 0. The van der Waals surface area contributed by atoms with Gasteiger partial charge < -0.3 is 38.5 Å². The number of nitrogens with one attached hydrogen (secondary N) is 1. The largest absolute Gasteiger partial charge is 0.464 e. The van der Waals surface area contributed by atoms with E-state index in [0.29, 0.717) is 79.2 Å². The van der Waals surface area contributed by atoms with E-state index >= 15 is 0 Å². The van der Waals surface area contributed by atoms with Gasteiger partial charge in [-0.3, -0.25) is 4.79 Å². The summed E-state index contributed by atoms with van der Waals surface area (Å²) >= 11 is 1.87. The molecule has 0 radical (unpaired) electrons. The number of hydrogen-bond donors (Lipinski definition) is 1. The third-order valence-corrected chi connectivity index (χ3v) is 8.41. The molecule has 0 atom stereocenters. The van der Waals surface area contributed by atoms with Gasteiger partial charge in [-0.25, -0.2) is 4.79 Å². The van der Waals surface area contributed by atoms with Crippen LogP contribution in [0.2, 0.25) is 0 Å². The molecule has 3 aromatic rings. The van der Waals surface area contributed by atoms with Crippen molar-refractivity contribution in [3.8, 4) is 0 Å². The van der Waals surface area contributed by atoms with Crippen LogP contribution in [0, 0.1) is 0 Å². The third-order valence-electron chi connectivity index (χ3n) is 6.90. The lowest BCUT2D eigenvalue weighted by atomic mass is 9.84. The van der Waals surface area contributed by atoms with Gasteiger partial charge in [0.15, 0.2) is 0 Å². The number of hydrogen-bond acceptors (Lipinski definition) is 10. The maximum atomic E-state index is 11.9. The number of rotatable bonds is 27. The first-order valence-electron chi connectivity index (χ1n) is 16.4. The first-order chi connectivity index (χ1) is 23.7. The number of ether oxygens (including phenoxy) is 7. The van der Waals surface area contributed by atoms with Crippen LogP contribution in [-0.4, -0.2) is 110 Å². The molecule has 1 amide bonds. The molecule has 48 heavy (non-hydrogen) atoms. The van der Waals surface area contributed by atoms with Crippen molar-refractivity contribution < 1.29 is 42.7 Å². The van der Waals surface area contributed by atoms with Crippen LogP contribution in [0.1, 0.15) is 23.6 Å². The fourth-order valence-electron chi connectivity index (χ4n) is 4.74. The molecular weight excluding hydrogens is 634 g/mol. The maximum absolute atomic E-state index is 11.9. The monoisotopic (exact) mass is 683 g/mol. The van der Waals surface area contributed by atoms with Crippen molar-refractivity contribution in [3.05, 3.63) is 108 Å². The molecular formula is C37H49NO9S. The molecule has 0 saturated heterocycles. The van der Waals surface area contributed by atoms with Crippen LogP contribution in [0.4, 0.5) is 0 Å². The summed E-state index contributed by atoms with van der Waals surface area (Å²) in [7, 11) is 0. The second-order valence-corrected chi connectivity index (χ2v) is 11.6. The number of carbonyl (C=O) groups is 2.